The second kappa shape index (κ2) is 11.0. The van der Waals surface area contributed by atoms with E-state index < -0.39 is 18.1 Å². The summed E-state index contributed by atoms with van der Waals surface area (Å²) in [7, 11) is 1.97. The third kappa shape index (κ3) is 5.12. The topological polar surface area (TPSA) is 89.4 Å². The third-order valence-corrected chi connectivity index (χ3v) is 10.1. The smallest absolute Gasteiger partial charge is 0.356 e. The number of carbonyl (C=O) groups excluding carboxylic acids is 2. The minimum Gasteiger partial charge on any atom is -0.448 e. The van der Waals surface area contributed by atoms with Crippen LogP contribution in [0.3, 0.4) is 0 Å². The number of β-lactam (4-membered cyclic amide) rings is 1. The van der Waals surface area contributed by atoms with Crippen molar-refractivity contribution in [1.82, 2.24) is 9.88 Å². The van der Waals surface area contributed by atoms with Gasteiger partial charge in [0.05, 0.1) is 5.69 Å². The molecule has 4 aromatic rings. The highest BCUT2D eigenvalue weighted by molar-refractivity contribution is 8.07. The largest absolute Gasteiger partial charge is 0.448 e. The van der Waals surface area contributed by atoms with Crippen molar-refractivity contribution in [3.63, 3.8) is 0 Å². The summed E-state index contributed by atoms with van der Waals surface area (Å²) in [5.74, 6) is -0.285. The van der Waals surface area contributed by atoms with Crippen LogP contribution >= 0.6 is 34.9 Å². The third-order valence-electron chi connectivity index (χ3n) is 6.57. The fraction of sp³-hybridized carbons (Fsp3) is 0.172. The van der Waals surface area contributed by atoms with Crippen LogP contribution in [0.1, 0.15) is 17.2 Å². The van der Waals surface area contributed by atoms with Crippen molar-refractivity contribution in [2.45, 2.75) is 21.9 Å². The second-order valence-corrected chi connectivity index (χ2v) is 12.5. The maximum Gasteiger partial charge on any atom is 0.356 e. The maximum absolute atomic E-state index is 13.9. The Balaban J connectivity index is 1.33. The van der Waals surface area contributed by atoms with E-state index in [0.29, 0.717) is 5.75 Å². The first-order valence-corrected chi connectivity index (χ1v) is 15.1. The van der Waals surface area contributed by atoms with Gasteiger partial charge >= 0.3 is 5.97 Å². The summed E-state index contributed by atoms with van der Waals surface area (Å²) in [6.45, 7) is 0. The second-order valence-electron chi connectivity index (χ2n) is 9.17. The molecule has 39 heavy (non-hydrogen) atoms. The molecule has 2 atom stereocenters. The van der Waals surface area contributed by atoms with Crippen molar-refractivity contribution >= 4 is 46.7 Å². The zero-order valence-electron chi connectivity index (χ0n) is 21.0. The number of fused-ring (bicyclic) bond motifs is 1. The Hall–Kier alpha value is -3.44. The molecule has 6 rings (SSSR count). The summed E-state index contributed by atoms with van der Waals surface area (Å²) in [6, 6.07) is 22.6. The summed E-state index contributed by atoms with van der Waals surface area (Å²) in [5, 5.41) is 1.72. The van der Waals surface area contributed by atoms with Gasteiger partial charge in [0.1, 0.15) is 24.2 Å². The van der Waals surface area contributed by atoms with E-state index in [-0.39, 0.29) is 17.0 Å². The van der Waals surface area contributed by atoms with E-state index in [2.05, 4.69) is 0 Å². The summed E-state index contributed by atoms with van der Waals surface area (Å²) >= 11 is 4.47. The van der Waals surface area contributed by atoms with Crippen LogP contribution in [0.2, 0.25) is 0 Å². The highest BCUT2D eigenvalue weighted by Crippen LogP contribution is 2.46. The Morgan fingerprint density at radius 3 is 2.36 bits per heavy atom. The molecular weight excluding hydrogens is 549 g/mol. The first kappa shape index (κ1) is 25.8. The average Bonchev–Trinajstić information content (AvgIpc) is 3.44. The molecule has 0 unspecified atom stereocenters. The van der Waals surface area contributed by atoms with Crippen LogP contribution < -0.4 is 10.3 Å². The number of nitrogens with two attached hydrogens (primary N) is 1. The van der Waals surface area contributed by atoms with Gasteiger partial charge in [0.15, 0.2) is 22.8 Å². The first-order valence-electron chi connectivity index (χ1n) is 12.3. The van der Waals surface area contributed by atoms with Crippen molar-refractivity contribution in [3.8, 4) is 11.3 Å². The lowest BCUT2D eigenvalue weighted by Gasteiger charge is -2.48. The van der Waals surface area contributed by atoms with Crippen LogP contribution in [0, 0.1) is 0 Å². The standard InChI is InChI=1S/C29H25N4O3S3/c1-32-14-12-18(13-15-32)21-16-38-29(31-21)39-22-17-37-27-23(30)26(34)33(27)24(22)28(35)36-25(19-8-4-2-5-9-19)20-10-6-3-7-11-20/h2-16,23,25,27H,17,30H2,1H3/q+1/t23-,27-/m1/s1. The molecule has 0 spiro atoms. The molecule has 2 aliphatic rings. The monoisotopic (exact) mass is 573 g/mol. The number of ether oxygens (including phenoxy) is 1. The quantitative estimate of drug-likeness (QED) is 0.198. The van der Waals surface area contributed by atoms with E-state index in [9.17, 15) is 9.59 Å². The maximum atomic E-state index is 13.9. The van der Waals surface area contributed by atoms with Gasteiger partial charge in [0, 0.05) is 33.7 Å². The number of nitrogens with zero attached hydrogens (tertiary/aromatic N) is 3. The molecule has 0 aliphatic carbocycles. The normalized spacial score (nSPS) is 18.6. The van der Waals surface area contributed by atoms with Crippen LogP contribution in [0.15, 0.2) is 106 Å². The Bertz CT molecular complexity index is 1500. The van der Waals surface area contributed by atoms with Crippen LogP contribution in [0.4, 0.5) is 0 Å². The van der Waals surface area contributed by atoms with Crippen LogP contribution in [0.5, 0.6) is 0 Å². The average molecular weight is 574 g/mol. The first-order chi connectivity index (χ1) is 19.0. The number of amides is 1. The highest BCUT2D eigenvalue weighted by Gasteiger charge is 2.52. The summed E-state index contributed by atoms with van der Waals surface area (Å²) in [4.78, 5) is 33.8. The number of hydrogen-bond donors (Lipinski definition) is 1. The molecule has 1 amide bonds. The number of carbonyl (C=O) groups is 2. The molecule has 2 aromatic carbocycles. The van der Waals surface area contributed by atoms with E-state index >= 15 is 0 Å². The number of aromatic nitrogens is 2. The summed E-state index contributed by atoms with van der Waals surface area (Å²) < 4.78 is 8.94. The Morgan fingerprint density at radius 1 is 1.08 bits per heavy atom. The molecule has 4 heterocycles. The Labute approximate surface area is 238 Å². The van der Waals surface area contributed by atoms with Crippen LogP contribution in [-0.4, -0.2) is 38.9 Å². The Morgan fingerprint density at radius 2 is 1.72 bits per heavy atom. The molecule has 1 saturated heterocycles. The van der Waals surface area contributed by atoms with E-state index in [0.717, 1.165) is 31.6 Å². The zero-order chi connectivity index (χ0) is 26.9. The van der Waals surface area contributed by atoms with Crippen molar-refractivity contribution in [3.05, 3.63) is 112 Å². The van der Waals surface area contributed by atoms with E-state index in [1.165, 1.54) is 28.0 Å². The molecule has 0 radical (unpaired) electrons. The molecule has 7 nitrogen and oxygen atoms in total. The van der Waals surface area contributed by atoms with Crippen LogP contribution in [0.25, 0.3) is 11.3 Å². The number of rotatable bonds is 7. The molecular formula is C29H25N4O3S3+. The van der Waals surface area contributed by atoms with Gasteiger partial charge in [0.2, 0.25) is 5.91 Å². The molecule has 2 aliphatic heterocycles. The molecule has 2 aromatic heterocycles. The number of thiazole rings is 1. The molecule has 2 N–H and O–H groups in total. The summed E-state index contributed by atoms with van der Waals surface area (Å²) in [5.41, 5.74) is 9.93. The number of benzene rings is 2. The fourth-order valence-electron chi connectivity index (χ4n) is 4.52. The summed E-state index contributed by atoms with van der Waals surface area (Å²) in [6.07, 6.45) is 3.33. The van der Waals surface area contributed by atoms with Gasteiger partial charge in [-0.1, -0.05) is 72.4 Å². The van der Waals surface area contributed by atoms with Gasteiger partial charge in [-0.05, 0) is 11.1 Å². The number of pyridine rings is 1. The lowest BCUT2D eigenvalue weighted by Crippen LogP contribution is -2.68. The van der Waals surface area contributed by atoms with Crippen molar-refractivity contribution in [2.75, 3.05) is 5.75 Å². The molecule has 0 bridgehead atoms. The highest BCUT2D eigenvalue weighted by atomic mass is 32.2. The SMILES string of the molecule is C[n+]1ccc(-c2csc(SC3=C(C(=O)OC(c4ccccc4)c4ccccc4)N4C(=O)[C@@H](N)[C@H]4SC3)n2)cc1. The van der Waals surface area contributed by atoms with Crippen molar-refractivity contribution < 1.29 is 18.9 Å². The fourth-order valence-corrected chi connectivity index (χ4v) is 7.92. The van der Waals surface area contributed by atoms with E-state index in [4.69, 9.17) is 15.5 Å². The Kier molecular flexibility index (Phi) is 7.26. The number of esters is 1. The predicted molar refractivity (Wildman–Crippen MR) is 153 cm³/mol. The minimum absolute atomic E-state index is 0.260. The zero-order valence-corrected chi connectivity index (χ0v) is 23.4. The van der Waals surface area contributed by atoms with Gasteiger partial charge < -0.3 is 10.5 Å². The van der Waals surface area contributed by atoms with E-state index in [1.807, 2.05) is 102 Å². The van der Waals surface area contributed by atoms with E-state index in [1.54, 1.807) is 11.8 Å². The minimum atomic E-state index is -0.630. The molecule has 0 saturated carbocycles. The van der Waals surface area contributed by atoms with Crippen molar-refractivity contribution in [1.29, 1.82) is 0 Å². The van der Waals surface area contributed by atoms with Gasteiger partial charge in [-0.2, -0.15) is 0 Å². The van der Waals surface area contributed by atoms with Crippen molar-refractivity contribution in [2.24, 2.45) is 12.8 Å². The molecule has 196 valence electrons. The number of hydrogen-bond acceptors (Lipinski definition) is 8. The van der Waals surface area contributed by atoms with Gasteiger partial charge in [0.25, 0.3) is 0 Å². The molecule has 10 heteroatoms. The number of thioether (sulfide) groups is 2. The van der Waals surface area contributed by atoms with Crippen LogP contribution in [-0.2, 0) is 21.4 Å². The lowest BCUT2D eigenvalue weighted by molar-refractivity contribution is -0.671. The number of aryl methyl sites for hydroxylation is 1. The molecule has 1 fully saturated rings. The lowest BCUT2D eigenvalue weighted by atomic mass is 10.0. The van der Waals surface area contributed by atoms with Gasteiger partial charge in [-0.15, -0.1) is 23.1 Å². The van der Waals surface area contributed by atoms with Gasteiger partial charge in [-0.25, -0.2) is 14.3 Å². The van der Waals surface area contributed by atoms with Gasteiger partial charge in [-0.3, -0.25) is 9.69 Å². The predicted octanol–water partition coefficient (Wildman–Crippen LogP) is 4.51.